The summed E-state index contributed by atoms with van der Waals surface area (Å²) in [6, 6.07) is 7.30. The van der Waals surface area contributed by atoms with E-state index in [-0.39, 0.29) is 5.37 Å². The van der Waals surface area contributed by atoms with Crippen molar-refractivity contribution in [1.82, 2.24) is 5.32 Å². The van der Waals surface area contributed by atoms with Crippen LogP contribution in [0.4, 0.5) is 0 Å². The number of carboxylic acids is 1. The van der Waals surface area contributed by atoms with Crippen LogP contribution in [0.5, 0.6) is 0 Å². The summed E-state index contributed by atoms with van der Waals surface area (Å²) >= 11 is 1.60. The molecule has 0 spiro atoms. The van der Waals surface area contributed by atoms with E-state index < -0.39 is 12.0 Å². The maximum Gasteiger partial charge on any atom is 0.321 e. The summed E-state index contributed by atoms with van der Waals surface area (Å²) in [5.74, 6) is -0.215. The minimum atomic E-state index is -0.798. The molecule has 2 aromatic rings. The van der Waals surface area contributed by atoms with Gasteiger partial charge >= 0.3 is 5.97 Å². The third kappa shape index (κ3) is 1.81. The first kappa shape index (κ1) is 10.7. The minimum Gasteiger partial charge on any atom is -0.480 e. The maximum atomic E-state index is 10.9. The van der Waals surface area contributed by atoms with E-state index in [4.69, 9.17) is 9.52 Å². The van der Waals surface area contributed by atoms with Gasteiger partial charge in [-0.3, -0.25) is 10.1 Å². The second-order valence-electron chi connectivity index (χ2n) is 3.96. The summed E-state index contributed by atoms with van der Waals surface area (Å²) in [6.45, 7) is 0. The Hall–Kier alpha value is -1.46. The van der Waals surface area contributed by atoms with Crippen molar-refractivity contribution >= 4 is 28.7 Å². The van der Waals surface area contributed by atoms with E-state index in [9.17, 15) is 4.79 Å². The predicted octanol–water partition coefficient (Wildman–Crippen LogP) is 2.22. The van der Waals surface area contributed by atoms with Gasteiger partial charge in [0.15, 0.2) is 0 Å². The summed E-state index contributed by atoms with van der Waals surface area (Å²) in [6.07, 6.45) is 1.71. The van der Waals surface area contributed by atoms with E-state index in [0.717, 1.165) is 16.5 Å². The highest BCUT2D eigenvalue weighted by Gasteiger charge is 2.31. The van der Waals surface area contributed by atoms with Gasteiger partial charge in [0.05, 0.1) is 11.6 Å². The fraction of sp³-hybridized carbons (Fsp3) is 0.250. The Bertz CT molecular complexity index is 566. The lowest BCUT2D eigenvalue weighted by molar-refractivity contribution is -0.138. The van der Waals surface area contributed by atoms with E-state index in [1.165, 1.54) is 0 Å². The van der Waals surface area contributed by atoms with Gasteiger partial charge in [0.25, 0.3) is 0 Å². The first-order valence-corrected chi connectivity index (χ1v) is 6.37. The summed E-state index contributed by atoms with van der Waals surface area (Å²) in [5.41, 5.74) is 1.86. The van der Waals surface area contributed by atoms with Crippen LogP contribution in [0.3, 0.4) is 0 Å². The van der Waals surface area contributed by atoms with Crippen molar-refractivity contribution in [2.45, 2.75) is 11.4 Å². The fourth-order valence-electron chi connectivity index (χ4n) is 1.99. The third-order valence-corrected chi connectivity index (χ3v) is 4.12. The standard InChI is InChI=1S/C12H11NO3S/c14-12(15)9-6-17-11(13-9)8-5-16-10-4-2-1-3-7(8)10/h1-5,9,11,13H,6H2,(H,14,15). The third-order valence-electron chi connectivity index (χ3n) is 2.87. The fourth-order valence-corrected chi connectivity index (χ4v) is 3.24. The topological polar surface area (TPSA) is 62.5 Å². The highest BCUT2D eigenvalue weighted by Crippen LogP contribution is 2.37. The number of thioether (sulfide) groups is 1. The molecule has 17 heavy (non-hydrogen) atoms. The summed E-state index contributed by atoms with van der Waals surface area (Å²) in [4.78, 5) is 10.9. The van der Waals surface area contributed by atoms with Crippen LogP contribution in [0, 0.1) is 0 Å². The summed E-state index contributed by atoms with van der Waals surface area (Å²) < 4.78 is 5.46. The predicted molar refractivity (Wildman–Crippen MR) is 66.0 cm³/mol. The van der Waals surface area contributed by atoms with Crippen LogP contribution in [0.25, 0.3) is 11.0 Å². The van der Waals surface area contributed by atoms with Crippen molar-refractivity contribution < 1.29 is 14.3 Å². The molecule has 1 aromatic carbocycles. The lowest BCUT2D eigenvalue weighted by Crippen LogP contribution is -2.33. The number of benzene rings is 1. The van der Waals surface area contributed by atoms with Gasteiger partial charge in [-0.25, -0.2) is 0 Å². The number of nitrogens with one attached hydrogen (secondary N) is 1. The molecule has 0 amide bonds. The molecule has 0 aliphatic carbocycles. The van der Waals surface area contributed by atoms with Crippen molar-refractivity contribution in [2.75, 3.05) is 5.75 Å². The molecule has 1 aliphatic rings. The van der Waals surface area contributed by atoms with Crippen molar-refractivity contribution in [3.63, 3.8) is 0 Å². The van der Waals surface area contributed by atoms with Gasteiger partial charge in [0, 0.05) is 16.7 Å². The van der Waals surface area contributed by atoms with E-state index in [1.807, 2.05) is 24.3 Å². The molecule has 1 aliphatic heterocycles. The average Bonchev–Trinajstić information content (AvgIpc) is 2.95. The van der Waals surface area contributed by atoms with Gasteiger partial charge in [0.2, 0.25) is 0 Å². The van der Waals surface area contributed by atoms with Crippen molar-refractivity contribution in [1.29, 1.82) is 0 Å². The number of furan rings is 1. The molecular weight excluding hydrogens is 238 g/mol. The number of carboxylic acid groups (broad SMARTS) is 1. The number of fused-ring (bicyclic) bond motifs is 1. The van der Waals surface area contributed by atoms with Crippen LogP contribution >= 0.6 is 11.8 Å². The van der Waals surface area contributed by atoms with Gasteiger partial charge in [-0.05, 0) is 6.07 Å². The first-order valence-electron chi connectivity index (χ1n) is 5.32. The number of hydrogen-bond acceptors (Lipinski definition) is 4. The van der Waals surface area contributed by atoms with Gasteiger partial charge in [-0.2, -0.15) is 0 Å². The number of hydrogen-bond donors (Lipinski definition) is 2. The minimum absolute atomic E-state index is 0.000231. The molecule has 3 rings (SSSR count). The lowest BCUT2D eigenvalue weighted by atomic mass is 10.1. The molecule has 1 aromatic heterocycles. The average molecular weight is 249 g/mol. The van der Waals surface area contributed by atoms with E-state index in [1.54, 1.807) is 18.0 Å². The first-order chi connectivity index (χ1) is 8.25. The van der Waals surface area contributed by atoms with E-state index in [0.29, 0.717) is 5.75 Å². The molecule has 1 saturated heterocycles. The molecule has 0 radical (unpaired) electrons. The molecule has 88 valence electrons. The van der Waals surface area contributed by atoms with Crippen molar-refractivity contribution in [3.05, 3.63) is 36.1 Å². The van der Waals surface area contributed by atoms with E-state index >= 15 is 0 Å². The highest BCUT2D eigenvalue weighted by molar-refractivity contribution is 7.99. The molecule has 5 heteroatoms. The lowest BCUT2D eigenvalue weighted by Gasteiger charge is -2.08. The molecule has 2 N–H and O–H groups in total. The quantitative estimate of drug-likeness (QED) is 0.854. The van der Waals surface area contributed by atoms with Crippen molar-refractivity contribution in [3.8, 4) is 0 Å². The zero-order valence-electron chi connectivity index (χ0n) is 8.92. The molecular formula is C12H11NO3S. The van der Waals surface area contributed by atoms with Crippen LogP contribution < -0.4 is 5.32 Å². The molecule has 0 saturated carbocycles. The Kier molecular flexibility index (Phi) is 2.57. The van der Waals surface area contributed by atoms with Crippen LogP contribution in [-0.4, -0.2) is 22.9 Å². The Morgan fingerprint density at radius 2 is 2.29 bits per heavy atom. The Balaban J connectivity index is 1.93. The zero-order valence-corrected chi connectivity index (χ0v) is 9.74. The smallest absolute Gasteiger partial charge is 0.321 e. The van der Waals surface area contributed by atoms with Crippen LogP contribution in [0.1, 0.15) is 10.9 Å². The molecule has 2 atom stereocenters. The largest absolute Gasteiger partial charge is 0.480 e. The van der Waals surface area contributed by atoms with Gasteiger partial charge in [-0.1, -0.05) is 18.2 Å². The number of rotatable bonds is 2. The molecule has 1 fully saturated rings. The van der Waals surface area contributed by atoms with Crippen LogP contribution in [0.15, 0.2) is 34.9 Å². The van der Waals surface area contributed by atoms with Crippen LogP contribution in [-0.2, 0) is 4.79 Å². The number of carbonyl (C=O) groups is 1. The number of aliphatic carboxylic acids is 1. The van der Waals surface area contributed by atoms with Gasteiger partial charge < -0.3 is 9.52 Å². The molecule has 2 unspecified atom stereocenters. The second kappa shape index (κ2) is 4.09. The Morgan fingerprint density at radius 3 is 3.06 bits per heavy atom. The highest BCUT2D eigenvalue weighted by atomic mass is 32.2. The summed E-state index contributed by atoms with van der Waals surface area (Å²) in [7, 11) is 0. The Morgan fingerprint density at radius 1 is 1.47 bits per heavy atom. The zero-order chi connectivity index (χ0) is 11.8. The van der Waals surface area contributed by atoms with Crippen molar-refractivity contribution in [2.24, 2.45) is 0 Å². The number of para-hydroxylation sites is 1. The molecule has 4 nitrogen and oxygen atoms in total. The molecule has 0 bridgehead atoms. The van der Waals surface area contributed by atoms with Gasteiger partial charge in [0.1, 0.15) is 11.6 Å². The Labute approximate surface area is 102 Å². The summed E-state index contributed by atoms with van der Waals surface area (Å²) in [5, 5.41) is 13.1. The van der Waals surface area contributed by atoms with Gasteiger partial charge in [-0.15, -0.1) is 11.8 Å². The van der Waals surface area contributed by atoms with E-state index in [2.05, 4.69) is 5.32 Å². The SMILES string of the molecule is O=C(O)C1CSC(c2coc3ccccc23)N1. The maximum absolute atomic E-state index is 10.9. The monoisotopic (exact) mass is 249 g/mol. The molecule has 2 heterocycles. The normalized spacial score (nSPS) is 24.2. The second-order valence-corrected chi connectivity index (χ2v) is 5.10. The van der Waals surface area contributed by atoms with Crippen LogP contribution in [0.2, 0.25) is 0 Å².